The van der Waals surface area contributed by atoms with Crippen LogP contribution >= 0.6 is 0 Å². The molecule has 2 rings (SSSR count). The van der Waals surface area contributed by atoms with Gasteiger partial charge in [-0.05, 0) is 26.0 Å². The summed E-state index contributed by atoms with van der Waals surface area (Å²) in [7, 11) is 0. The second-order valence-corrected chi connectivity index (χ2v) is 4.64. The number of nitro groups is 1. The molecular weight excluding hydrogens is 248 g/mol. The Bertz CT molecular complexity index is 515. The first-order chi connectivity index (χ1) is 8.99. The van der Waals surface area contributed by atoms with Gasteiger partial charge < -0.3 is 9.64 Å². The summed E-state index contributed by atoms with van der Waals surface area (Å²) in [4.78, 5) is 24.0. The van der Waals surface area contributed by atoms with E-state index in [1.807, 2.05) is 6.92 Å². The van der Waals surface area contributed by atoms with E-state index in [0.29, 0.717) is 6.61 Å². The van der Waals surface area contributed by atoms with Gasteiger partial charge in [0, 0.05) is 24.8 Å². The smallest absolute Gasteiger partial charge is 0.280 e. The van der Waals surface area contributed by atoms with E-state index in [9.17, 15) is 14.9 Å². The quantitative estimate of drug-likeness (QED) is 0.474. The van der Waals surface area contributed by atoms with Gasteiger partial charge in [0.2, 0.25) is 0 Å². The highest BCUT2D eigenvalue weighted by Gasteiger charge is 2.22. The van der Waals surface area contributed by atoms with Crippen LogP contribution in [0.15, 0.2) is 18.2 Å². The number of carbonyl (C=O) groups is 1. The Kier molecular flexibility index (Phi) is 3.80. The van der Waals surface area contributed by atoms with Crippen LogP contribution in [0.1, 0.15) is 24.2 Å². The summed E-state index contributed by atoms with van der Waals surface area (Å²) < 4.78 is 5.45. The average molecular weight is 264 g/mol. The molecule has 19 heavy (non-hydrogen) atoms. The largest absolute Gasteiger partial charge is 0.375 e. The van der Waals surface area contributed by atoms with Crippen molar-refractivity contribution < 1.29 is 14.5 Å². The molecule has 0 N–H and O–H groups in total. The molecule has 1 heterocycles. The zero-order valence-corrected chi connectivity index (χ0v) is 11.0. The fraction of sp³-hybridized carbons (Fsp3) is 0.462. The zero-order chi connectivity index (χ0) is 14.0. The fourth-order valence-corrected chi connectivity index (χ4v) is 2.21. The summed E-state index contributed by atoms with van der Waals surface area (Å²) in [6.45, 7) is 5.37. The van der Waals surface area contributed by atoms with Gasteiger partial charge in [0.05, 0.1) is 23.2 Å². The van der Waals surface area contributed by atoms with E-state index in [4.69, 9.17) is 4.74 Å². The predicted octanol–water partition coefficient (Wildman–Crippen LogP) is 2.02. The maximum Gasteiger partial charge on any atom is 0.280 e. The van der Waals surface area contributed by atoms with Crippen molar-refractivity contribution in [2.75, 3.05) is 24.6 Å². The molecule has 0 amide bonds. The molecule has 1 aromatic carbocycles. The van der Waals surface area contributed by atoms with Gasteiger partial charge in [0.25, 0.3) is 5.69 Å². The second kappa shape index (κ2) is 5.36. The third kappa shape index (κ3) is 2.90. The Morgan fingerprint density at radius 1 is 1.53 bits per heavy atom. The minimum Gasteiger partial charge on any atom is -0.375 e. The number of morpholine rings is 1. The van der Waals surface area contributed by atoms with Gasteiger partial charge in [0.15, 0.2) is 5.78 Å². The molecule has 0 saturated carbocycles. The number of hydrogen-bond donors (Lipinski definition) is 0. The van der Waals surface area contributed by atoms with Gasteiger partial charge in [-0.1, -0.05) is 0 Å². The summed E-state index contributed by atoms with van der Waals surface area (Å²) in [6, 6.07) is 4.67. The molecular formula is C13H16N2O4. The van der Waals surface area contributed by atoms with Crippen LogP contribution in [-0.2, 0) is 4.74 Å². The van der Waals surface area contributed by atoms with Crippen LogP contribution in [0, 0.1) is 10.1 Å². The second-order valence-electron chi connectivity index (χ2n) is 4.64. The lowest BCUT2D eigenvalue weighted by Gasteiger charge is -2.33. The zero-order valence-electron chi connectivity index (χ0n) is 11.0. The molecule has 6 heteroatoms. The molecule has 1 aliphatic heterocycles. The van der Waals surface area contributed by atoms with E-state index in [1.165, 1.54) is 13.0 Å². The molecule has 1 fully saturated rings. The van der Waals surface area contributed by atoms with Crippen molar-refractivity contribution in [1.82, 2.24) is 0 Å². The summed E-state index contributed by atoms with van der Waals surface area (Å²) in [5.74, 6) is -0.296. The van der Waals surface area contributed by atoms with E-state index < -0.39 is 4.92 Å². The molecule has 0 bridgehead atoms. The lowest BCUT2D eigenvalue weighted by atomic mass is 10.1. The maximum atomic E-state index is 11.5. The summed E-state index contributed by atoms with van der Waals surface area (Å²) in [5, 5.41) is 10.9. The molecule has 0 aromatic heterocycles. The number of carbonyl (C=O) groups excluding carboxylic acids is 1. The van der Waals surface area contributed by atoms with E-state index in [2.05, 4.69) is 4.90 Å². The fourth-order valence-electron chi connectivity index (χ4n) is 2.21. The van der Waals surface area contributed by atoms with Gasteiger partial charge in [-0.25, -0.2) is 0 Å². The van der Waals surface area contributed by atoms with E-state index in [0.717, 1.165) is 18.8 Å². The molecule has 1 unspecified atom stereocenters. The van der Waals surface area contributed by atoms with Crippen molar-refractivity contribution >= 4 is 17.2 Å². The van der Waals surface area contributed by atoms with Crippen LogP contribution in [0.4, 0.5) is 11.4 Å². The first-order valence-electron chi connectivity index (χ1n) is 6.15. The lowest BCUT2D eigenvalue weighted by molar-refractivity contribution is -0.385. The number of rotatable bonds is 3. The van der Waals surface area contributed by atoms with Crippen LogP contribution in [0.3, 0.4) is 0 Å². The highest BCUT2D eigenvalue weighted by atomic mass is 16.6. The Hall–Kier alpha value is -1.95. The third-order valence-corrected chi connectivity index (χ3v) is 3.16. The van der Waals surface area contributed by atoms with Gasteiger partial charge in [-0.15, -0.1) is 0 Å². The molecule has 102 valence electrons. The Labute approximate surface area is 111 Å². The topological polar surface area (TPSA) is 72.7 Å². The molecule has 0 spiro atoms. The molecule has 1 saturated heterocycles. The van der Waals surface area contributed by atoms with Crippen LogP contribution in [0.2, 0.25) is 0 Å². The van der Waals surface area contributed by atoms with Crippen molar-refractivity contribution in [3.63, 3.8) is 0 Å². The molecule has 6 nitrogen and oxygen atoms in total. The van der Waals surface area contributed by atoms with Crippen molar-refractivity contribution in [3.05, 3.63) is 33.9 Å². The Morgan fingerprint density at radius 2 is 2.26 bits per heavy atom. The minimum absolute atomic E-state index is 0.115. The van der Waals surface area contributed by atoms with Crippen LogP contribution < -0.4 is 4.90 Å². The highest BCUT2D eigenvalue weighted by Crippen LogP contribution is 2.26. The van der Waals surface area contributed by atoms with Crippen molar-refractivity contribution in [2.45, 2.75) is 20.0 Å². The normalized spacial score (nSPS) is 19.3. The average Bonchev–Trinajstić information content (AvgIpc) is 2.37. The molecule has 1 atom stereocenters. The van der Waals surface area contributed by atoms with Crippen LogP contribution in [0.25, 0.3) is 0 Å². The first-order valence-corrected chi connectivity index (χ1v) is 6.15. The number of benzene rings is 1. The summed E-state index contributed by atoms with van der Waals surface area (Å²) >= 11 is 0. The van der Waals surface area contributed by atoms with Crippen molar-refractivity contribution in [1.29, 1.82) is 0 Å². The number of nitro benzene ring substituents is 1. The van der Waals surface area contributed by atoms with E-state index >= 15 is 0 Å². The number of ketones is 1. The number of ether oxygens (including phenoxy) is 1. The molecule has 0 aliphatic carbocycles. The Balaban J connectivity index is 2.35. The van der Waals surface area contributed by atoms with Crippen LogP contribution in [-0.4, -0.2) is 36.5 Å². The van der Waals surface area contributed by atoms with E-state index in [1.54, 1.807) is 12.1 Å². The van der Waals surface area contributed by atoms with Crippen molar-refractivity contribution in [2.24, 2.45) is 0 Å². The van der Waals surface area contributed by atoms with Gasteiger partial charge in [-0.3, -0.25) is 14.9 Å². The number of Topliss-reactive ketones (excluding diaryl/α,β-unsaturated/α-hetero) is 1. The Morgan fingerprint density at radius 3 is 2.84 bits per heavy atom. The predicted molar refractivity (Wildman–Crippen MR) is 70.7 cm³/mol. The summed E-state index contributed by atoms with van der Waals surface area (Å²) in [5.41, 5.74) is 0.838. The highest BCUT2D eigenvalue weighted by molar-refractivity contribution is 5.99. The van der Waals surface area contributed by atoms with Crippen molar-refractivity contribution in [3.8, 4) is 0 Å². The number of nitrogens with zero attached hydrogens (tertiary/aromatic N) is 2. The maximum absolute atomic E-state index is 11.5. The first kappa shape index (κ1) is 13.5. The lowest BCUT2D eigenvalue weighted by Crippen LogP contribution is -2.41. The molecule has 1 aromatic rings. The summed E-state index contributed by atoms with van der Waals surface area (Å²) in [6.07, 6.45) is 0.115. The monoisotopic (exact) mass is 264 g/mol. The third-order valence-electron chi connectivity index (χ3n) is 3.16. The van der Waals surface area contributed by atoms with Crippen LogP contribution in [0.5, 0.6) is 0 Å². The van der Waals surface area contributed by atoms with E-state index in [-0.39, 0.29) is 23.1 Å². The molecule has 0 radical (unpaired) electrons. The number of hydrogen-bond acceptors (Lipinski definition) is 5. The van der Waals surface area contributed by atoms with Gasteiger partial charge >= 0.3 is 0 Å². The standard InChI is InChI=1S/C13H16N2O4/c1-9-8-14(5-6-19-9)11-3-4-13(15(17)18)12(7-11)10(2)16/h3-4,7,9H,5-6,8H2,1-2H3. The van der Waals surface area contributed by atoms with Gasteiger partial charge in [-0.2, -0.15) is 0 Å². The molecule has 1 aliphatic rings. The number of anilines is 1. The SMILES string of the molecule is CC(=O)c1cc(N2CCOC(C)C2)ccc1[N+](=O)[O-]. The minimum atomic E-state index is -0.525. The van der Waals surface area contributed by atoms with Gasteiger partial charge in [0.1, 0.15) is 0 Å².